The maximum atomic E-state index is 5.92. The smallest absolute Gasteiger partial charge is 0.121 e. The standard InChI is InChI=1S/C33H40N4O3/c1-35(2)29-11-6-9-26(19-29)23-37(24-27-10-7-13-32(20-27)38-5)31-15-16-34-28(21-31)25-39-17-18-40-33-14-8-12-30(22-33)36(3)4/h6-16,19-22H,17-18,23-25H2,1-5H3. The van der Waals surface area contributed by atoms with Crippen molar-refractivity contribution in [2.75, 3.05) is 63.2 Å². The fourth-order valence-corrected chi connectivity index (χ4v) is 4.37. The van der Waals surface area contributed by atoms with Crippen molar-refractivity contribution in [3.8, 4) is 11.5 Å². The zero-order valence-corrected chi connectivity index (χ0v) is 24.2. The second-order valence-corrected chi connectivity index (χ2v) is 10.1. The number of hydrogen-bond donors (Lipinski definition) is 0. The van der Waals surface area contributed by atoms with Gasteiger partial charge in [0.1, 0.15) is 18.1 Å². The third-order valence-electron chi connectivity index (χ3n) is 6.55. The summed E-state index contributed by atoms with van der Waals surface area (Å²) < 4.78 is 17.3. The van der Waals surface area contributed by atoms with Crippen molar-refractivity contribution in [1.82, 2.24) is 4.98 Å². The monoisotopic (exact) mass is 540 g/mol. The van der Waals surface area contributed by atoms with E-state index in [9.17, 15) is 0 Å². The lowest BCUT2D eigenvalue weighted by molar-refractivity contribution is 0.0870. The molecule has 0 aliphatic carbocycles. The highest BCUT2D eigenvalue weighted by Crippen LogP contribution is 2.24. The van der Waals surface area contributed by atoms with Gasteiger partial charge in [-0.25, -0.2) is 0 Å². The molecule has 0 bridgehead atoms. The first-order valence-corrected chi connectivity index (χ1v) is 13.5. The molecule has 0 N–H and O–H groups in total. The number of pyridine rings is 1. The minimum absolute atomic E-state index is 0.415. The molecule has 0 atom stereocenters. The quantitative estimate of drug-likeness (QED) is 0.181. The number of anilines is 3. The lowest BCUT2D eigenvalue weighted by Gasteiger charge is -2.26. The van der Waals surface area contributed by atoms with E-state index in [1.54, 1.807) is 7.11 Å². The summed E-state index contributed by atoms with van der Waals surface area (Å²) in [5.74, 6) is 1.69. The second-order valence-electron chi connectivity index (χ2n) is 10.1. The Hall–Kier alpha value is -4.23. The van der Waals surface area contributed by atoms with Crippen LogP contribution in [0.25, 0.3) is 0 Å². The Morgan fingerprint density at radius 3 is 2.02 bits per heavy atom. The molecular formula is C33H40N4O3. The summed E-state index contributed by atoms with van der Waals surface area (Å²) in [6, 6.07) is 29.1. The molecule has 1 heterocycles. The third-order valence-corrected chi connectivity index (χ3v) is 6.55. The zero-order chi connectivity index (χ0) is 28.3. The minimum Gasteiger partial charge on any atom is -0.497 e. The van der Waals surface area contributed by atoms with Crippen molar-refractivity contribution in [1.29, 1.82) is 0 Å². The third kappa shape index (κ3) is 8.38. The molecular weight excluding hydrogens is 500 g/mol. The number of benzene rings is 3. The van der Waals surface area contributed by atoms with Crippen molar-refractivity contribution in [3.63, 3.8) is 0 Å². The maximum absolute atomic E-state index is 5.92. The fourth-order valence-electron chi connectivity index (χ4n) is 4.37. The maximum Gasteiger partial charge on any atom is 0.121 e. The number of hydrogen-bond acceptors (Lipinski definition) is 7. The largest absolute Gasteiger partial charge is 0.497 e. The molecule has 0 spiro atoms. The van der Waals surface area contributed by atoms with Crippen LogP contribution in [0.15, 0.2) is 91.1 Å². The summed E-state index contributed by atoms with van der Waals surface area (Å²) in [5.41, 5.74) is 6.66. The van der Waals surface area contributed by atoms with Crippen LogP contribution in [-0.2, 0) is 24.4 Å². The van der Waals surface area contributed by atoms with Crippen molar-refractivity contribution < 1.29 is 14.2 Å². The van der Waals surface area contributed by atoms with Gasteiger partial charge in [-0.05, 0) is 59.7 Å². The highest BCUT2D eigenvalue weighted by atomic mass is 16.5. The minimum atomic E-state index is 0.415. The number of nitrogens with zero attached hydrogens (tertiary/aromatic N) is 4. The summed E-state index contributed by atoms with van der Waals surface area (Å²) in [4.78, 5) is 11.1. The molecule has 0 saturated carbocycles. The number of aromatic nitrogens is 1. The Kier molecular flexibility index (Phi) is 10.2. The van der Waals surface area contributed by atoms with Gasteiger partial charge >= 0.3 is 0 Å². The molecule has 0 aliphatic heterocycles. The normalized spacial score (nSPS) is 10.7. The van der Waals surface area contributed by atoms with Gasteiger partial charge in [-0.15, -0.1) is 0 Å². The topological polar surface area (TPSA) is 50.3 Å². The van der Waals surface area contributed by atoms with Crippen molar-refractivity contribution in [2.45, 2.75) is 19.7 Å². The Morgan fingerprint density at radius 1 is 0.650 bits per heavy atom. The molecule has 0 amide bonds. The van der Waals surface area contributed by atoms with Crippen LogP contribution in [0.3, 0.4) is 0 Å². The summed E-state index contributed by atoms with van der Waals surface area (Å²) >= 11 is 0. The fraction of sp³-hybridized carbons (Fsp3) is 0.303. The molecule has 0 saturated heterocycles. The van der Waals surface area contributed by atoms with Crippen LogP contribution < -0.4 is 24.2 Å². The van der Waals surface area contributed by atoms with Crippen LogP contribution in [0, 0.1) is 0 Å². The van der Waals surface area contributed by atoms with E-state index < -0.39 is 0 Å². The summed E-state index contributed by atoms with van der Waals surface area (Å²) in [6.45, 7) is 2.85. The van der Waals surface area contributed by atoms with Gasteiger partial charge in [0.05, 0.1) is 26.0 Å². The van der Waals surface area contributed by atoms with E-state index in [1.165, 1.54) is 16.8 Å². The SMILES string of the molecule is COc1cccc(CN(Cc2cccc(N(C)C)c2)c2ccnc(COCCOc3cccc(N(C)C)c3)c2)c1. The number of methoxy groups -OCH3 is 1. The molecule has 210 valence electrons. The molecule has 0 aliphatic rings. The molecule has 40 heavy (non-hydrogen) atoms. The van der Waals surface area contributed by atoms with E-state index in [0.29, 0.717) is 19.8 Å². The Bertz CT molecular complexity index is 1360. The van der Waals surface area contributed by atoms with Gasteiger partial charge < -0.3 is 28.9 Å². The van der Waals surface area contributed by atoms with Crippen molar-refractivity contribution in [3.05, 3.63) is 108 Å². The van der Waals surface area contributed by atoms with Gasteiger partial charge in [-0.2, -0.15) is 0 Å². The van der Waals surface area contributed by atoms with Gasteiger partial charge in [0.25, 0.3) is 0 Å². The van der Waals surface area contributed by atoms with Gasteiger partial charge in [0.2, 0.25) is 0 Å². The summed E-state index contributed by atoms with van der Waals surface area (Å²) in [5, 5.41) is 0. The lowest BCUT2D eigenvalue weighted by atomic mass is 10.1. The molecule has 1 aromatic heterocycles. The van der Waals surface area contributed by atoms with E-state index in [-0.39, 0.29) is 0 Å². The van der Waals surface area contributed by atoms with E-state index in [2.05, 4.69) is 88.4 Å². The molecule has 0 unspecified atom stereocenters. The average molecular weight is 541 g/mol. The van der Waals surface area contributed by atoms with Crippen LogP contribution in [0.2, 0.25) is 0 Å². The van der Waals surface area contributed by atoms with Gasteiger partial charge in [0.15, 0.2) is 0 Å². The summed E-state index contributed by atoms with van der Waals surface area (Å²) in [7, 11) is 9.86. The number of ether oxygens (including phenoxy) is 3. The van der Waals surface area contributed by atoms with E-state index in [4.69, 9.17) is 14.2 Å². The van der Waals surface area contributed by atoms with E-state index >= 15 is 0 Å². The van der Waals surface area contributed by atoms with Gasteiger partial charge in [0, 0.05) is 70.6 Å². The second kappa shape index (κ2) is 14.2. The first-order valence-electron chi connectivity index (χ1n) is 13.5. The van der Waals surface area contributed by atoms with E-state index in [0.717, 1.165) is 41.7 Å². The Morgan fingerprint density at radius 2 is 1.30 bits per heavy atom. The van der Waals surface area contributed by atoms with Crippen LogP contribution in [-0.4, -0.2) is 53.5 Å². The van der Waals surface area contributed by atoms with Gasteiger partial charge in [-0.3, -0.25) is 4.98 Å². The summed E-state index contributed by atoms with van der Waals surface area (Å²) in [6.07, 6.45) is 1.85. The molecule has 0 fully saturated rings. The van der Waals surface area contributed by atoms with Crippen molar-refractivity contribution >= 4 is 17.1 Å². The Balaban J connectivity index is 1.42. The van der Waals surface area contributed by atoms with Gasteiger partial charge in [-0.1, -0.05) is 30.3 Å². The first-order chi connectivity index (χ1) is 19.4. The van der Waals surface area contributed by atoms with Crippen LogP contribution in [0.5, 0.6) is 11.5 Å². The van der Waals surface area contributed by atoms with Crippen LogP contribution in [0.4, 0.5) is 17.1 Å². The first kappa shape index (κ1) is 28.8. The highest BCUT2D eigenvalue weighted by molar-refractivity contribution is 5.52. The highest BCUT2D eigenvalue weighted by Gasteiger charge is 2.12. The molecule has 4 aromatic rings. The average Bonchev–Trinajstić information content (AvgIpc) is 2.97. The van der Waals surface area contributed by atoms with Crippen molar-refractivity contribution in [2.24, 2.45) is 0 Å². The van der Waals surface area contributed by atoms with E-state index in [1.807, 2.05) is 50.6 Å². The van der Waals surface area contributed by atoms with Crippen LogP contribution in [0.1, 0.15) is 16.8 Å². The number of rotatable bonds is 14. The zero-order valence-electron chi connectivity index (χ0n) is 24.2. The molecule has 3 aromatic carbocycles. The predicted octanol–water partition coefficient (Wildman–Crippen LogP) is 6.02. The predicted molar refractivity (Wildman–Crippen MR) is 164 cm³/mol. The lowest BCUT2D eigenvalue weighted by Crippen LogP contribution is -2.23. The molecule has 0 radical (unpaired) electrons. The van der Waals surface area contributed by atoms with Crippen LogP contribution >= 0.6 is 0 Å². The molecule has 4 rings (SSSR count). The molecule has 7 nitrogen and oxygen atoms in total. The Labute approximate surface area is 238 Å². The molecule has 7 heteroatoms.